The van der Waals surface area contributed by atoms with Crippen LogP contribution in [0.1, 0.15) is 27.0 Å². The molecule has 0 unspecified atom stereocenters. The minimum Gasteiger partial charge on any atom is -0.378 e. The molecule has 0 aromatic heterocycles. The number of benzene rings is 3. The SMILES string of the molecule is Cc1ccc(CN2C(=O)C(=Cc3ccc(C(=O)N4CCOCC4)cc3)Sc3ccccc32)cc1. The Balaban J connectivity index is 1.39. The lowest BCUT2D eigenvalue weighted by atomic mass is 10.1. The number of carbonyl (C=O) groups is 2. The normalized spacial score (nSPS) is 17.1. The van der Waals surface area contributed by atoms with E-state index in [1.807, 2.05) is 64.4 Å². The van der Waals surface area contributed by atoms with Crippen LogP contribution in [0.5, 0.6) is 0 Å². The maximum Gasteiger partial charge on any atom is 0.265 e. The van der Waals surface area contributed by atoms with E-state index in [1.165, 1.54) is 17.3 Å². The molecule has 1 saturated heterocycles. The van der Waals surface area contributed by atoms with E-state index in [4.69, 9.17) is 4.74 Å². The van der Waals surface area contributed by atoms with Crippen LogP contribution in [-0.4, -0.2) is 43.0 Å². The second-order valence-corrected chi connectivity index (χ2v) is 9.57. The molecule has 0 bridgehead atoms. The van der Waals surface area contributed by atoms with E-state index in [9.17, 15) is 9.59 Å². The number of carbonyl (C=O) groups excluding carboxylic acids is 2. The van der Waals surface area contributed by atoms with Crippen LogP contribution in [0.15, 0.2) is 82.6 Å². The molecule has 3 aromatic rings. The highest BCUT2D eigenvalue weighted by molar-refractivity contribution is 8.04. The smallest absolute Gasteiger partial charge is 0.265 e. The first-order valence-corrected chi connectivity index (χ1v) is 12.2. The van der Waals surface area contributed by atoms with Crippen LogP contribution in [0.2, 0.25) is 0 Å². The molecule has 6 heteroatoms. The van der Waals surface area contributed by atoms with Crippen LogP contribution < -0.4 is 4.90 Å². The monoisotopic (exact) mass is 470 g/mol. The van der Waals surface area contributed by atoms with Gasteiger partial charge in [-0.15, -0.1) is 0 Å². The average molecular weight is 471 g/mol. The highest BCUT2D eigenvalue weighted by Crippen LogP contribution is 2.42. The molecule has 0 saturated carbocycles. The molecular formula is C28H26N2O3S. The molecule has 0 atom stereocenters. The molecule has 5 nitrogen and oxygen atoms in total. The van der Waals surface area contributed by atoms with Gasteiger partial charge in [-0.05, 0) is 48.4 Å². The summed E-state index contributed by atoms with van der Waals surface area (Å²) in [5.41, 5.74) is 4.76. The van der Waals surface area contributed by atoms with Crippen LogP contribution in [0, 0.1) is 6.92 Å². The quantitative estimate of drug-likeness (QED) is 0.495. The number of anilines is 1. The van der Waals surface area contributed by atoms with Crippen molar-refractivity contribution in [3.63, 3.8) is 0 Å². The number of para-hydroxylation sites is 1. The third kappa shape index (κ3) is 4.79. The fourth-order valence-electron chi connectivity index (χ4n) is 4.12. The maximum atomic E-state index is 13.5. The maximum absolute atomic E-state index is 13.5. The highest BCUT2D eigenvalue weighted by atomic mass is 32.2. The van der Waals surface area contributed by atoms with Gasteiger partial charge in [0.25, 0.3) is 11.8 Å². The number of morpholine rings is 1. The summed E-state index contributed by atoms with van der Waals surface area (Å²) in [6.07, 6.45) is 1.91. The summed E-state index contributed by atoms with van der Waals surface area (Å²) < 4.78 is 5.34. The number of fused-ring (bicyclic) bond motifs is 1. The first kappa shape index (κ1) is 22.4. The van der Waals surface area contributed by atoms with Gasteiger partial charge in [0.15, 0.2) is 0 Å². The van der Waals surface area contributed by atoms with Crippen molar-refractivity contribution in [3.05, 3.63) is 100.0 Å². The number of ether oxygens (including phenoxy) is 1. The highest BCUT2D eigenvalue weighted by Gasteiger charge is 2.29. The van der Waals surface area contributed by atoms with Crippen LogP contribution in [0.3, 0.4) is 0 Å². The third-order valence-corrected chi connectivity index (χ3v) is 7.12. The molecule has 1 fully saturated rings. The zero-order valence-electron chi connectivity index (χ0n) is 19.1. The third-order valence-electron chi connectivity index (χ3n) is 6.05. The summed E-state index contributed by atoms with van der Waals surface area (Å²) in [5.74, 6) is 0.00145. The first-order valence-electron chi connectivity index (χ1n) is 11.4. The predicted octanol–water partition coefficient (Wildman–Crippen LogP) is 5.15. The van der Waals surface area contributed by atoms with Crippen molar-refractivity contribution in [1.29, 1.82) is 0 Å². The molecule has 0 N–H and O–H groups in total. The van der Waals surface area contributed by atoms with Crippen LogP contribution >= 0.6 is 11.8 Å². The van der Waals surface area contributed by atoms with Gasteiger partial charge in [-0.1, -0.05) is 65.9 Å². The second kappa shape index (κ2) is 9.87. The van der Waals surface area contributed by atoms with E-state index < -0.39 is 0 Å². The van der Waals surface area contributed by atoms with Crippen molar-refractivity contribution in [2.24, 2.45) is 0 Å². The largest absolute Gasteiger partial charge is 0.378 e. The Bertz CT molecular complexity index is 1230. The molecule has 0 spiro atoms. The van der Waals surface area contributed by atoms with Crippen molar-refractivity contribution < 1.29 is 14.3 Å². The van der Waals surface area contributed by atoms with Crippen molar-refractivity contribution in [1.82, 2.24) is 4.90 Å². The van der Waals surface area contributed by atoms with E-state index in [1.54, 1.807) is 0 Å². The Hall–Kier alpha value is -3.35. The number of thioether (sulfide) groups is 1. The first-order chi connectivity index (χ1) is 16.6. The topological polar surface area (TPSA) is 49.9 Å². The van der Waals surface area contributed by atoms with Crippen molar-refractivity contribution >= 4 is 35.3 Å². The summed E-state index contributed by atoms with van der Waals surface area (Å²) >= 11 is 1.49. The lowest BCUT2D eigenvalue weighted by molar-refractivity contribution is -0.114. The molecule has 2 heterocycles. The Morgan fingerprint density at radius 3 is 2.41 bits per heavy atom. The Morgan fingerprint density at radius 1 is 0.971 bits per heavy atom. The number of hydrogen-bond donors (Lipinski definition) is 0. The summed E-state index contributed by atoms with van der Waals surface area (Å²) in [6, 6.07) is 23.8. The van der Waals surface area contributed by atoms with E-state index in [0.717, 1.165) is 21.7 Å². The zero-order valence-corrected chi connectivity index (χ0v) is 19.9. The molecule has 2 amide bonds. The molecule has 0 radical (unpaired) electrons. The molecule has 34 heavy (non-hydrogen) atoms. The van der Waals surface area contributed by atoms with Crippen molar-refractivity contribution in [2.45, 2.75) is 18.4 Å². The molecule has 2 aliphatic heterocycles. The molecule has 5 rings (SSSR count). The summed E-state index contributed by atoms with van der Waals surface area (Å²) in [5, 5.41) is 0. The number of rotatable bonds is 4. The number of aryl methyl sites for hydroxylation is 1. The van der Waals surface area contributed by atoms with E-state index in [0.29, 0.717) is 43.3 Å². The number of hydrogen-bond acceptors (Lipinski definition) is 4. The van der Waals surface area contributed by atoms with Crippen LogP contribution in [-0.2, 0) is 16.1 Å². The predicted molar refractivity (Wildman–Crippen MR) is 136 cm³/mol. The van der Waals surface area contributed by atoms with Gasteiger partial charge in [0.2, 0.25) is 0 Å². The zero-order chi connectivity index (χ0) is 23.5. The molecule has 0 aliphatic carbocycles. The molecule has 172 valence electrons. The van der Waals surface area contributed by atoms with E-state index >= 15 is 0 Å². The Morgan fingerprint density at radius 2 is 1.68 bits per heavy atom. The fraction of sp³-hybridized carbons (Fsp3) is 0.214. The minimum atomic E-state index is -0.0160. The lowest BCUT2D eigenvalue weighted by Crippen LogP contribution is -2.40. The summed E-state index contributed by atoms with van der Waals surface area (Å²) in [6.45, 7) is 4.97. The van der Waals surface area contributed by atoms with E-state index in [-0.39, 0.29) is 11.8 Å². The van der Waals surface area contributed by atoms with Gasteiger partial charge in [0.1, 0.15) is 0 Å². The fourth-order valence-corrected chi connectivity index (χ4v) is 5.18. The van der Waals surface area contributed by atoms with E-state index in [2.05, 4.69) is 31.2 Å². The van der Waals surface area contributed by atoms with Gasteiger partial charge < -0.3 is 14.5 Å². The Kier molecular flexibility index (Phi) is 6.52. The number of amides is 2. The van der Waals surface area contributed by atoms with Gasteiger partial charge in [-0.25, -0.2) is 0 Å². The number of nitrogens with zero attached hydrogens (tertiary/aromatic N) is 2. The van der Waals surface area contributed by atoms with Crippen LogP contribution in [0.4, 0.5) is 5.69 Å². The van der Waals surface area contributed by atoms with Gasteiger partial charge in [-0.2, -0.15) is 0 Å². The lowest BCUT2D eigenvalue weighted by Gasteiger charge is -2.30. The standard InChI is InChI=1S/C28H26N2O3S/c1-20-6-8-22(9-7-20)19-30-24-4-2-3-5-25(24)34-26(28(30)32)18-21-10-12-23(13-11-21)27(31)29-14-16-33-17-15-29/h2-13,18H,14-17,19H2,1H3. The van der Waals surface area contributed by atoms with Crippen LogP contribution in [0.25, 0.3) is 6.08 Å². The average Bonchev–Trinajstić information content (AvgIpc) is 2.88. The van der Waals surface area contributed by atoms with Gasteiger partial charge >= 0.3 is 0 Å². The van der Waals surface area contributed by atoms with Gasteiger partial charge in [0.05, 0.1) is 30.4 Å². The second-order valence-electron chi connectivity index (χ2n) is 8.48. The van der Waals surface area contributed by atoms with Crippen molar-refractivity contribution in [3.8, 4) is 0 Å². The van der Waals surface area contributed by atoms with Gasteiger partial charge in [0, 0.05) is 23.5 Å². The summed E-state index contributed by atoms with van der Waals surface area (Å²) in [7, 11) is 0. The summed E-state index contributed by atoms with van der Waals surface area (Å²) in [4.78, 5) is 31.6. The molecular weight excluding hydrogens is 444 g/mol. The molecule has 2 aliphatic rings. The van der Waals surface area contributed by atoms with Gasteiger partial charge in [-0.3, -0.25) is 9.59 Å². The molecule has 3 aromatic carbocycles. The Labute approximate surface area is 204 Å². The van der Waals surface area contributed by atoms with Crippen molar-refractivity contribution in [2.75, 3.05) is 31.2 Å². The minimum absolute atomic E-state index is 0.0160.